The first kappa shape index (κ1) is 18.6. The van der Waals surface area contributed by atoms with Crippen LogP contribution in [0, 0.1) is 0 Å². The molecule has 0 aliphatic carbocycles. The summed E-state index contributed by atoms with van der Waals surface area (Å²) in [5.74, 6) is 0.141. The molecule has 1 amide bonds. The molecule has 0 bridgehead atoms. The molecule has 3 aromatic rings. The fraction of sp³-hybridized carbons (Fsp3) is 0.0952. The van der Waals surface area contributed by atoms with Crippen LogP contribution in [0.2, 0.25) is 0 Å². The third-order valence-electron chi connectivity index (χ3n) is 4.21. The second kappa shape index (κ2) is 8.94. The van der Waals surface area contributed by atoms with Gasteiger partial charge in [-0.3, -0.25) is 10.2 Å². The number of thiol groups is 1. The molecule has 0 fully saturated rings. The highest BCUT2D eigenvalue weighted by atomic mass is 33.1. The van der Waals surface area contributed by atoms with E-state index in [-0.39, 0.29) is 11.7 Å². The maximum atomic E-state index is 12.1. The highest BCUT2D eigenvalue weighted by Gasteiger charge is 2.36. The SMILES string of the molecule is O=C(CSS)NNC(c1ccccc1)(c1ccccc1)c1ccccc1. The van der Waals surface area contributed by atoms with Gasteiger partial charge in [0.25, 0.3) is 0 Å². The quantitative estimate of drug-likeness (QED) is 0.249. The van der Waals surface area contributed by atoms with Crippen LogP contribution in [0.15, 0.2) is 91.0 Å². The molecular weight excluding hydrogens is 360 g/mol. The van der Waals surface area contributed by atoms with E-state index in [0.717, 1.165) is 16.7 Å². The molecule has 0 atom stereocenters. The lowest BCUT2D eigenvalue weighted by Gasteiger charge is -2.36. The summed E-state index contributed by atoms with van der Waals surface area (Å²) < 4.78 is 0. The minimum absolute atomic E-state index is 0.128. The van der Waals surface area contributed by atoms with Crippen LogP contribution in [0.5, 0.6) is 0 Å². The lowest BCUT2D eigenvalue weighted by atomic mass is 9.77. The summed E-state index contributed by atoms with van der Waals surface area (Å²) in [7, 11) is 1.19. The van der Waals surface area contributed by atoms with Crippen LogP contribution >= 0.6 is 22.5 Å². The predicted molar refractivity (Wildman–Crippen MR) is 112 cm³/mol. The van der Waals surface area contributed by atoms with Crippen molar-refractivity contribution in [3.63, 3.8) is 0 Å². The standard InChI is InChI=1S/C21H20N2OS2/c24-20(16-26-25)22-23-21(17-10-4-1-5-11-17,18-12-6-2-7-13-18)19-14-8-3-9-15-19/h1-15,23,25H,16H2,(H,22,24). The zero-order valence-corrected chi connectivity index (χ0v) is 15.8. The molecule has 0 aromatic heterocycles. The minimum atomic E-state index is -0.708. The van der Waals surface area contributed by atoms with Gasteiger partial charge in [0, 0.05) is 0 Å². The monoisotopic (exact) mass is 380 g/mol. The minimum Gasteiger partial charge on any atom is -0.289 e. The number of hydrogen-bond acceptors (Lipinski definition) is 4. The van der Waals surface area contributed by atoms with Crippen LogP contribution in [-0.2, 0) is 10.3 Å². The first-order valence-electron chi connectivity index (χ1n) is 8.26. The van der Waals surface area contributed by atoms with Crippen LogP contribution in [0.4, 0.5) is 0 Å². The summed E-state index contributed by atoms with van der Waals surface area (Å²) in [5.41, 5.74) is 8.59. The Balaban J connectivity index is 2.16. The Morgan fingerprint density at radius 3 is 1.50 bits per heavy atom. The molecule has 3 aromatic carbocycles. The van der Waals surface area contributed by atoms with E-state index in [1.165, 1.54) is 10.8 Å². The number of amides is 1. The predicted octanol–water partition coefficient (Wildman–Crippen LogP) is 4.18. The number of hydrogen-bond donors (Lipinski definition) is 3. The lowest BCUT2D eigenvalue weighted by molar-refractivity contribution is -0.119. The molecule has 0 unspecified atom stereocenters. The van der Waals surface area contributed by atoms with Crippen LogP contribution in [-0.4, -0.2) is 11.7 Å². The molecular formula is C21H20N2OS2. The molecule has 0 spiro atoms. The van der Waals surface area contributed by atoms with Crippen molar-refractivity contribution in [2.24, 2.45) is 0 Å². The molecule has 2 N–H and O–H groups in total. The molecule has 3 rings (SSSR count). The van der Waals surface area contributed by atoms with Crippen molar-refractivity contribution in [3.8, 4) is 0 Å². The molecule has 3 nitrogen and oxygen atoms in total. The summed E-state index contributed by atoms with van der Waals surface area (Å²) in [5, 5.41) is 0. The van der Waals surface area contributed by atoms with Gasteiger partial charge in [0.1, 0.15) is 5.54 Å². The highest BCUT2D eigenvalue weighted by molar-refractivity contribution is 8.68. The Labute approximate surface area is 163 Å². The van der Waals surface area contributed by atoms with E-state index in [9.17, 15) is 4.79 Å². The second-order valence-electron chi connectivity index (χ2n) is 5.79. The third kappa shape index (κ3) is 3.96. The van der Waals surface area contributed by atoms with E-state index in [4.69, 9.17) is 0 Å². The molecule has 0 radical (unpaired) electrons. The van der Waals surface area contributed by atoms with Crippen LogP contribution in [0.25, 0.3) is 0 Å². The van der Waals surface area contributed by atoms with E-state index in [2.05, 4.69) is 58.9 Å². The Hall–Kier alpha value is -2.21. The zero-order chi connectivity index (χ0) is 18.2. The molecule has 0 saturated carbocycles. The first-order chi connectivity index (χ1) is 12.8. The largest absolute Gasteiger partial charge is 0.289 e. The Kier molecular flexibility index (Phi) is 6.39. The average molecular weight is 381 g/mol. The summed E-state index contributed by atoms with van der Waals surface area (Å²) >= 11 is 4.06. The molecule has 26 heavy (non-hydrogen) atoms. The smallest absolute Gasteiger partial charge is 0.244 e. The lowest BCUT2D eigenvalue weighted by Crippen LogP contribution is -2.54. The van der Waals surface area contributed by atoms with Crippen molar-refractivity contribution in [2.75, 3.05) is 5.75 Å². The Morgan fingerprint density at radius 1 is 0.769 bits per heavy atom. The van der Waals surface area contributed by atoms with E-state index in [0.29, 0.717) is 0 Å². The van der Waals surface area contributed by atoms with Crippen molar-refractivity contribution in [1.82, 2.24) is 10.9 Å². The number of carbonyl (C=O) groups is 1. The van der Waals surface area contributed by atoms with Crippen molar-refractivity contribution in [2.45, 2.75) is 5.54 Å². The van der Waals surface area contributed by atoms with Crippen molar-refractivity contribution >= 4 is 28.4 Å². The molecule has 0 aliphatic rings. The van der Waals surface area contributed by atoms with Gasteiger partial charge in [-0.1, -0.05) is 102 Å². The fourth-order valence-electron chi connectivity index (χ4n) is 3.04. The van der Waals surface area contributed by atoms with Gasteiger partial charge in [-0.25, -0.2) is 5.43 Å². The van der Waals surface area contributed by atoms with Gasteiger partial charge in [0.05, 0.1) is 5.75 Å². The van der Waals surface area contributed by atoms with E-state index < -0.39 is 5.54 Å². The normalized spacial score (nSPS) is 11.1. The van der Waals surface area contributed by atoms with E-state index >= 15 is 0 Å². The number of rotatable bonds is 7. The highest BCUT2D eigenvalue weighted by Crippen LogP contribution is 2.36. The maximum Gasteiger partial charge on any atom is 0.244 e. The molecule has 5 heteroatoms. The second-order valence-corrected chi connectivity index (χ2v) is 7.12. The Morgan fingerprint density at radius 2 is 1.15 bits per heavy atom. The van der Waals surface area contributed by atoms with Crippen molar-refractivity contribution < 1.29 is 4.79 Å². The van der Waals surface area contributed by atoms with Gasteiger partial charge in [-0.2, -0.15) is 0 Å². The average Bonchev–Trinajstić information content (AvgIpc) is 2.71. The summed E-state index contributed by atoms with van der Waals surface area (Å²) in [6.07, 6.45) is 0. The Bertz CT molecular complexity index is 730. The summed E-state index contributed by atoms with van der Waals surface area (Å²) in [6.45, 7) is 0. The van der Waals surface area contributed by atoms with Crippen molar-refractivity contribution in [3.05, 3.63) is 108 Å². The molecule has 0 heterocycles. The van der Waals surface area contributed by atoms with Crippen LogP contribution in [0.3, 0.4) is 0 Å². The molecule has 132 valence electrons. The number of carbonyl (C=O) groups excluding carboxylic acids is 1. The van der Waals surface area contributed by atoms with Gasteiger partial charge < -0.3 is 0 Å². The summed E-state index contributed by atoms with van der Waals surface area (Å²) in [4.78, 5) is 12.1. The van der Waals surface area contributed by atoms with Gasteiger partial charge in [-0.15, -0.1) is 11.7 Å². The molecule has 0 aliphatic heterocycles. The van der Waals surface area contributed by atoms with E-state index in [1.54, 1.807) is 0 Å². The number of nitrogens with one attached hydrogen (secondary N) is 2. The fourth-order valence-corrected chi connectivity index (χ4v) is 3.58. The number of benzene rings is 3. The first-order valence-corrected chi connectivity index (χ1v) is 10.3. The maximum absolute atomic E-state index is 12.1. The third-order valence-corrected chi connectivity index (χ3v) is 4.98. The summed E-state index contributed by atoms with van der Waals surface area (Å²) in [6, 6.07) is 30.3. The van der Waals surface area contributed by atoms with Gasteiger partial charge >= 0.3 is 0 Å². The zero-order valence-electron chi connectivity index (χ0n) is 14.1. The van der Waals surface area contributed by atoms with Crippen LogP contribution in [0.1, 0.15) is 16.7 Å². The topological polar surface area (TPSA) is 41.1 Å². The van der Waals surface area contributed by atoms with Gasteiger partial charge in [-0.05, 0) is 16.7 Å². The number of hydrazine groups is 1. The van der Waals surface area contributed by atoms with Gasteiger partial charge in [0.15, 0.2) is 0 Å². The molecule has 0 saturated heterocycles. The van der Waals surface area contributed by atoms with Crippen molar-refractivity contribution in [1.29, 1.82) is 0 Å². The van der Waals surface area contributed by atoms with Gasteiger partial charge in [0.2, 0.25) is 5.91 Å². The van der Waals surface area contributed by atoms with Crippen LogP contribution < -0.4 is 10.9 Å². The van der Waals surface area contributed by atoms with E-state index in [1.807, 2.05) is 54.6 Å².